The number of hydrogen-bond acceptors (Lipinski definition) is 7. The minimum atomic E-state index is -2.74. The number of aliphatic hydroxyl groups is 1. The number of imidazole rings is 1. The summed E-state index contributed by atoms with van der Waals surface area (Å²) >= 11 is 0. The monoisotopic (exact) mass is 527 g/mol. The number of fused-ring (bicyclic) bond motifs is 1. The van der Waals surface area contributed by atoms with Gasteiger partial charge in [0.2, 0.25) is 0 Å². The van der Waals surface area contributed by atoms with Crippen molar-refractivity contribution in [1.29, 1.82) is 0 Å². The van der Waals surface area contributed by atoms with E-state index in [1.54, 1.807) is 7.11 Å². The minimum Gasteiger partial charge on any atom is -0.497 e. The number of aromatic nitrogens is 2. The molecule has 0 amide bonds. The smallest absolute Gasteiger partial charge is 0.336 e. The fourth-order valence-electron chi connectivity index (χ4n) is 4.40. The molecule has 4 rings (SSSR count). The molecule has 1 aliphatic heterocycles. The molecule has 11 nitrogen and oxygen atoms in total. The summed E-state index contributed by atoms with van der Waals surface area (Å²) in [5, 5.41) is 33.8. The third-order valence-electron chi connectivity index (χ3n) is 6.38. The lowest BCUT2D eigenvalue weighted by Crippen LogP contribution is -2.42. The molecular formula is C27H33N3O8. The first-order chi connectivity index (χ1) is 18.1. The number of ether oxygens (including phenoxy) is 1. The van der Waals surface area contributed by atoms with E-state index in [2.05, 4.69) is 45.9 Å². The van der Waals surface area contributed by atoms with Crippen LogP contribution in [-0.2, 0) is 27.3 Å². The Balaban J connectivity index is 0.000000263. The summed E-state index contributed by atoms with van der Waals surface area (Å²) in [7, 11) is 1.70. The standard InChI is InChI=1S/C21H25N3O.C6H8O7/c1-25-18-10-8-17(9-11-18)16-21-22-19-6-2-3-7-20(19)24(21)15-14-23-12-4-5-13-23;7-3(8)1-6(13,5(11)12)2-4(9)10/h2-3,6-11H,4-5,12-16H2,1H3;13H,1-2H2,(H,7,8)(H,9,10)(H,11,12). The Labute approximate surface area is 219 Å². The maximum atomic E-state index is 10.3. The second kappa shape index (κ2) is 13.0. The van der Waals surface area contributed by atoms with Gasteiger partial charge in [-0.15, -0.1) is 0 Å². The quantitative estimate of drug-likeness (QED) is 0.291. The molecule has 11 heteroatoms. The van der Waals surface area contributed by atoms with Crippen LogP contribution in [0.3, 0.4) is 0 Å². The molecular weight excluding hydrogens is 494 g/mol. The molecule has 0 spiro atoms. The maximum absolute atomic E-state index is 10.3. The van der Waals surface area contributed by atoms with Crippen LogP contribution in [0.4, 0.5) is 0 Å². The van der Waals surface area contributed by atoms with E-state index in [0.717, 1.165) is 36.6 Å². The van der Waals surface area contributed by atoms with Crippen LogP contribution in [0.15, 0.2) is 48.5 Å². The molecule has 1 aromatic heterocycles. The highest BCUT2D eigenvalue weighted by Gasteiger charge is 2.40. The zero-order valence-corrected chi connectivity index (χ0v) is 21.2. The minimum absolute atomic E-state index is 0.846. The largest absolute Gasteiger partial charge is 0.497 e. The molecule has 3 aromatic rings. The highest BCUT2D eigenvalue weighted by Crippen LogP contribution is 2.21. The first-order valence-electron chi connectivity index (χ1n) is 12.3. The Hall–Kier alpha value is -3.96. The van der Waals surface area contributed by atoms with Gasteiger partial charge < -0.3 is 34.6 Å². The summed E-state index contributed by atoms with van der Waals surface area (Å²) in [6.45, 7) is 4.59. The van der Waals surface area contributed by atoms with Gasteiger partial charge in [0.25, 0.3) is 0 Å². The van der Waals surface area contributed by atoms with Gasteiger partial charge in [-0.1, -0.05) is 24.3 Å². The molecule has 0 radical (unpaired) electrons. The summed E-state index contributed by atoms with van der Waals surface area (Å²) in [5.74, 6) is -2.98. The van der Waals surface area contributed by atoms with Gasteiger partial charge in [0.05, 0.1) is 31.0 Å². The fourth-order valence-corrected chi connectivity index (χ4v) is 4.40. The van der Waals surface area contributed by atoms with Crippen LogP contribution < -0.4 is 4.74 Å². The second-order valence-electron chi connectivity index (χ2n) is 9.22. The Morgan fingerprint density at radius 2 is 1.53 bits per heavy atom. The van der Waals surface area contributed by atoms with Crippen LogP contribution >= 0.6 is 0 Å². The van der Waals surface area contributed by atoms with Crippen molar-refractivity contribution in [2.75, 3.05) is 26.7 Å². The second-order valence-corrected chi connectivity index (χ2v) is 9.22. The van der Waals surface area contributed by atoms with E-state index >= 15 is 0 Å². The number of carboxylic acid groups (broad SMARTS) is 3. The van der Waals surface area contributed by atoms with Gasteiger partial charge in [-0.25, -0.2) is 9.78 Å². The molecule has 204 valence electrons. The van der Waals surface area contributed by atoms with Crippen molar-refractivity contribution in [3.63, 3.8) is 0 Å². The first-order valence-corrected chi connectivity index (χ1v) is 12.3. The lowest BCUT2D eigenvalue weighted by molar-refractivity contribution is -0.170. The third-order valence-corrected chi connectivity index (χ3v) is 6.38. The van der Waals surface area contributed by atoms with Crippen LogP contribution in [0.1, 0.15) is 37.1 Å². The molecule has 1 fully saturated rings. The maximum Gasteiger partial charge on any atom is 0.336 e. The van der Waals surface area contributed by atoms with Gasteiger partial charge in [-0.05, 0) is 55.8 Å². The normalized spacial score (nSPS) is 13.6. The van der Waals surface area contributed by atoms with Crippen molar-refractivity contribution >= 4 is 28.9 Å². The molecule has 0 bridgehead atoms. The third kappa shape index (κ3) is 7.77. The molecule has 4 N–H and O–H groups in total. The SMILES string of the molecule is COc1ccc(Cc2nc3ccccc3n2CCN2CCCC2)cc1.O=C(O)CC(O)(CC(=O)O)C(=O)O. The van der Waals surface area contributed by atoms with Gasteiger partial charge in [0, 0.05) is 19.5 Å². The molecule has 1 aliphatic rings. The average molecular weight is 528 g/mol. The molecule has 2 aromatic carbocycles. The van der Waals surface area contributed by atoms with E-state index in [0.29, 0.717) is 0 Å². The number of likely N-dealkylation sites (tertiary alicyclic amines) is 1. The van der Waals surface area contributed by atoms with Crippen molar-refractivity contribution in [3.8, 4) is 5.75 Å². The van der Waals surface area contributed by atoms with Gasteiger partial charge in [0.1, 0.15) is 11.6 Å². The van der Waals surface area contributed by atoms with E-state index in [4.69, 9.17) is 30.1 Å². The average Bonchev–Trinajstić information content (AvgIpc) is 3.50. The van der Waals surface area contributed by atoms with E-state index in [-0.39, 0.29) is 0 Å². The Bertz CT molecular complexity index is 1230. The van der Waals surface area contributed by atoms with E-state index in [9.17, 15) is 14.4 Å². The van der Waals surface area contributed by atoms with Crippen molar-refractivity contribution in [2.45, 2.75) is 44.2 Å². The van der Waals surface area contributed by atoms with Crippen LogP contribution in [0.5, 0.6) is 5.75 Å². The highest BCUT2D eigenvalue weighted by atomic mass is 16.5. The molecule has 0 aliphatic carbocycles. The molecule has 0 saturated carbocycles. The van der Waals surface area contributed by atoms with Crippen LogP contribution in [0.2, 0.25) is 0 Å². The highest BCUT2D eigenvalue weighted by molar-refractivity contribution is 5.88. The number of para-hydroxylation sites is 2. The van der Waals surface area contributed by atoms with Gasteiger partial charge in [0.15, 0.2) is 5.60 Å². The molecule has 0 unspecified atom stereocenters. The summed E-state index contributed by atoms with van der Waals surface area (Å²) in [4.78, 5) is 38.0. The Morgan fingerprint density at radius 1 is 0.921 bits per heavy atom. The van der Waals surface area contributed by atoms with Gasteiger partial charge >= 0.3 is 17.9 Å². The topological polar surface area (TPSA) is 162 Å². The number of carboxylic acids is 3. The van der Waals surface area contributed by atoms with E-state index in [1.165, 1.54) is 37.0 Å². The lowest BCUT2D eigenvalue weighted by atomic mass is 9.96. The zero-order valence-electron chi connectivity index (χ0n) is 21.2. The van der Waals surface area contributed by atoms with Crippen LogP contribution in [0, 0.1) is 0 Å². The van der Waals surface area contributed by atoms with E-state index < -0.39 is 36.4 Å². The summed E-state index contributed by atoms with van der Waals surface area (Å²) in [5.41, 5.74) is 0.855. The number of methoxy groups -OCH3 is 1. The molecule has 2 heterocycles. The molecule has 1 saturated heterocycles. The van der Waals surface area contributed by atoms with Crippen molar-refractivity contribution < 1.29 is 39.5 Å². The van der Waals surface area contributed by atoms with Crippen molar-refractivity contribution in [1.82, 2.24) is 14.5 Å². The Kier molecular flexibility index (Phi) is 9.80. The van der Waals surface area contributed by atoms with Crippen LogP contribution in [0.25, 0.3) is 11.0 Å². The number of hydrogen-bond donors (Lipinski definition) is 4. The number of benzene rings is 2. The molecule has 38 heavy (non-hydrogen) atoms. The Morgan fingerprint density at radius 3 is 2.08 bits per heavy atom. The zero-order chi connectivity index (χ0) is 27.7. The predicted octanol–water partition coefficient (Wildman–Crippen LogP) is 2.48. The van der Waals surface area contributed by atoms with Crippen molar-refractivity contribution in [2.24, 2.45) is 0 Å². The van der Waals surface area contributed by atoms with Gasteiger partial charge in [-0.3, -0.25) is 9.59 Å². The van der Waals surface area contributed by atoms with Crippen LogP contribution in [-0.4, -0.2) is 85.1 Å². The number of rotatable bonds is 11. The number of aliphatic carboxylic acids is 3. The number of nitrogens with zero attached hydrogens (tertiary/aromatic N) is 3. The van der Waals surface area contributed by atoms with Crippen molar-refractivity contribution in [3.05, 3.63) is 59.9 Å². The fraction of sp³-hybridized carbons (Fsp3) is 0.407. The summed E-state index contributed by atoms with van der Waals surface area (Å²) in [6.07, 6.45) is 1.23. The summed E-state index contributed by atoms with van der Waals surface area (Å²) in [6, 6.07) is 16.8. The lowest BCUT2D eigenvalue weighted by Gasteiger charge is -2.18. The van der Waals surface area contributed by atoms with E-state index in [1.807, 2.05) is 12.1 Å². The molecule has 0 atom stereocenters. The summed E-state index contributed by atoms with van der Waals surface area (Å²) < 4.78 is 7.66. The number of carbonyl (C=O) groups is 3. The first kappa shape index (κ1) is 28.6. The van der Waals surface area contributed by atoms with Gasteiger partial charge in [-0.2, -0.15) is 0 Å². The predicted molar refractivity (Wildman–Crippen MR) is 138 cm³/mol.